The quantitative estimate of drug-likeness (QED) is 0.565. The van der Waals surface area contributed by atoms with Gasteiger partial charge in [0.15, 0.2) is 0 Å². The van der Waals surface area contributed by atoms with Gasteiger partial charge in [0, 0.05) is 18.5 Å². The maximum Gasteiger partial charge on any atom is 0.295 e. The van der Waals surface area contributed by atoms with Gasteiger partial charge in [0.25, 0.3) is 5.69 Å². The Labute approximate surface area is 92.8 Å². The second-order valence-electron chi connectivity index (χ2n) is 3.85. The van der Waals surface area contributed by atoms with Crippen molar-refractivity contribution in [1.29, 1.82) is 0 Å². The van der Waals surface area contributed by atoms with Gasteiger partial charge in [-0.1, -0.05) is 12.1 Å². The molecule has 1 saturated heterocycles. The number of hydrogen-bond donors (Lipinski definition) is 0. The number of benzene rings is 1. The van der Waals surface area contributed by atoms with Gasteiger partial charge in [-0.15, -0.1) is 0 Å². The molecule has 0 unspecified atom stereocenters. The minimum absolute atomic E-state index is 0.0336. The van der Waals surface area contributed by atoms with E-state index in [0.717, 1.165) is 6.42 Å². The smallest absolute Gasteiger partial charge is 0.295 e. The van der Waals surface area contributed by atoms with Crippen molar-refractivity contribution < 1.29 is 9.72 Å². The number of nitro groups is 1. The summed E-state index contributed by atoms with van der Waals surface area (Å²) in [7, 11) is 0. The molecular formula is C11H12N2O3. The summed E-state index contributed by atoms with van der Waals surface area (Å²) in [5, 5.41) is 11.0. The van der Waals surface area contributed by atoms with Crippen LogP contribution in [0.4, 0.5) is 11.4 Å². The molecule has 16 heavy (non-hydrogen) atoms. The van der Waals surface area contributed by atoms with Gasteiger partial charge in [0.1, 0.15) is 5.69 Å². The summed E-state index contributed by atoms with van der Waals surface area (Å²) in [6.45, 7) is 2.26. The predicted octanol–water partition coefficient (Wildman–Crippen LogP) is 2.03. The molecule has 0 aliphatic carbocycles. The fourth-order valence-corrected chi connectivity index (χ4v) is 2.00. The number of nitro benzene ring substituents is 1. The molecule has 1 aromatic carbocycles. The second-order valence-corrected chi connectivity index (χ2v) is 3.85. The maximum absolute atomic E-state index is 11.6. The number of aryl methyl sites for hydroxylation is 1. The molecule has 0 spiro atoms. The molecule has 0 bridgehead atoms. The van der Waals surface area contributed by atoms with E-state index in [4.69, 9.17) is 0 Å². The minimum atomic E-state index is -0.420. The third-order valence-corrected chi connectivity index (χ3v) is 2.76. The third-order valence-electron chi connectivity index (χ3n) is 2.76. The lowest BCUT2D eigenvalue weighted by Gasteiger charge is -2.16. The normalized spacial score (nSPS) is 15.6. The Hall–Kier alpha value is -1.91. The van der Waals surface area contributed by atoms with E-state index in [1.54, 1.807) is 25.1 Å². The van der Waals surface area contributed by atoms with Crippen LogP contribution in [0.1, 0.15) is 18.4 Å². The van der Waals surface area contributed by atoms with Gasteiger partial charge in [-0.2, -0.15) is 0 Å². The van der Waals surface area contributed by atoms with Crippen molar-refractivity contribution in [2.75, 3.05) is 11.4 Å². The summed E-state index contributed by atoms with van der Waals surface area (Å²) in [6.07, 6.45) is 1.25. The van der Waals surface area contributed by atoms with Crippen LogP contribution in [0.5, 0.6) is 0 Å². The zero-order valence-corrected chi connectivity index (χ0v) is 8.97. The van der Waals surface area contributed by atoms with Gasteiger partial charge in [0.05, 0.1) is 4.92 Å². The van der Waals surface area contributed by atoms with Crippen molar-refractivity contribution in [1.82, 2.24) is 0 Å². The van der Waals surface area contributed by atoms with Crippen LogP contribution in [0.3, 0.4) is 0 Å². The van der Waals surface area contributed by atoms with Crippen molar-refractivity contribution in [3.8, 4) is 0 Å². The molecule has 1 amide bonds. The Kier molecular flexibility index (Phi) is 2.60. The maximum atomic E-state index is 11.6. The van der Waals surface area contributed by atoms with E-state index >= 15 is 0 Å². The first kappa shape index (κ1) is 10.6. The monoisotopic (exact) mass is 220 g/mol. The molecule has 0 saturated carbocycles. The number of carbonyl (C=O) groups excluding carboxylic acids is 1. The molecule has 84 valence electrons. The number of carbonyl (C=O) groups is 1. The fourth-order valence-electron chi connectivity index (χ4n) is 2.00. The molecule has 0 aromatic heterocycles. The van der Waals surface area contributed by atoms with E-state index in [1.807, 2.05) is 0 Å². The fraction of sp³-hybridized carbons (Fsp3) is 0.364. The molecule has 0 radical (unpaired) electrons. The molecule has 0 atom stereocenters. The van der Waals surface area contributed by atoms with Crippen molar-refractivity contribution >= 4 is 17.3 Å². The molecule has 1 heterocycles. The first-order chi connectivity index (χ1) is 7.61. The van der Waals surface area contributed by atoms with E-state index in [1.165, 1.54) is 4.90 Å². The third kappa shape index (κ3) is 1.64. The lowest BCUT2D eigenvalue weighted by atomic mass is 10.1. The minimum Gasteiger partial charge on any atom is -0.306 e. The Morgan fingerprint density at radius 3 is 2.75 bits per heavy atom. The van der Waals surface area contributed by atoms with Crippen LogP contribution in [-0.4, -0.2) is 17.4 Å². The SMILES string of the molecule is Cc1cccc(N2CCCC2=O)c1[N+](=O)[O-]. The van der Waals surface area contributed by atoms with Crippen LogP contribution in [-0.2, 0) is 4.79 Å². The van der Waals surface area contributed by atoms with Crippen LogP contribution in [0.15, 0.2) is 18.2 Å². The van der Waals surface area contributed by atoms with Crippen LogP contribution in [0.2, 0.25) is 0 Å². The van der Waals surface area contributed by atoms with Crippen LogP contribution >= 0.6 is 0 Å². The Bertz CT molecular complexity index is 457. The summed E-state index contributed by atoms with van der Waals surface area (Å²) >= 11 is 0. The zero-order chi connectivity index (χ0) is 11.7. The van der Waals surface area contributed by atoms with E-state index in [-0.39, 0.29) is 11.6 Å². The lowest BCUT2D eigenvalue weighted by molar-refractivity contribution is -0.384. The first-order valence-electron chi connectivity index (χ1n) is 5.15. The molecule has 5 heteroatoms. The van der Waals surface area contributed by atoms with Crippen LogP contribution < -0.4 is 4.90 Å². The highest BCUT2D eigenvalue weighted by molar-refractivity contribution is 5.97. The summed E-state index contributed by atoms with van der Waals surface area (Å²) in [5.74, 6) is -0.0336. The van der Waals surface area contributed by atoms with Crippen molar-refractivity contribution in [2.45, 2.75) is 19.8 Å². The van der Waals surface area contributed by atoms with Gasteiger partial charge in [-0.25, -0.2) is 0 Å². The van der Waals surface area contributed by atoms with Crippen LogP contribution in [0.25, 0.3) is 0 Å². The Morgan fingerprint density at radius 2 is 2.19 bits per heavy atom. The van der Waals surface area contributed by atoms with E-state index < -0.39 is 4.92 Å². The lowest BCUT2D eigenvalue weighted by Crippen LogP contribution is -2.24. The zero-order valence-electron chi connectivity index (χ0n) is 8.97. The predicted molar refractivity (Wildman–Crippen MR) is 59.4 cm³/mol. The average molecular weight is 220 g/mol. The van der Waals surface area contributed by atoms with Crippen molar-refractivity contribution in [3.05, 3.63) is 33.9 Å². The number of hydrogen-bond acceptors (Lipinski definition) is 3. The van der Waals surface area contributed by atoms with E-state index in [9.17, 15) is 14.9 Å². The van der Waals surface area contributed by atoms with Gasteiger partial charge in [-0.3, -0.25) is 14.9 Å². The van der Waals surface area contributed by atoms with Gasteiger partial charge in [0.2, 0.25) is 5.91 Å². The van der Waals surface area contributed by atoms with Gasteiger partial charge in [-0.05, 0) is 19.4 Å². The number of nitrogens with zero attached hydrogens (tertiary/aromatic N) is 2. The molecule has 5 nitrogen and oxygen atoms in total. The summed E-state index contributed by atoms with van der Waals surface area (Å²) < 4.78 is 0. The van der Waals surface area contributed by atoms with Gasteiger partial charge < -0.3 is 4.90 Å². The molecule has 1 aliphatic heterocycles. The largest absolute Gasteiger partial charge is 0.306 e. The van der Waals surface area contributed by atoms with Crippen molar-refractivity contribution in [2.24, 2.45) is 0 Å². The van der Waals surface area contributed by atoms with Gasteiger partial charge >= 0.3 is 0 Å². The molecule has 2 rings (SSSR count). The highest BCUT2D eigenvalue weighted by atomic mass is 16.6. The number of para-hydroxylation sites is 1. The average Bonchev–Trinajstić information content (AvgIpc) is 2.63. The standard InChI is InChI=1S/C11H12N2O3/c1-8-4-2-5-9(11(8)13(15)16)12-7-3-6-10(12)14/h2,4-5H,3,6-7H2,1H3. The number of amides is 1. The molecule has 0 N–H and O–H groups in total. The molecular weight excluding hydrogens is 208 g/mol. The van der Waals surface area contributed by atoms with E-state index in [0.29, 0.717) is 24.2 Å². The molecule has 1 fully saturated rings. The number of rotatable bonds is 2. The molecule has 1 aromatic rings. The highest BCUT2D eigenvalue weighted by Gasteiger charge is 2.28. The van der Waals surface area contributed by atoms with Crippen LogP contribution in [0, 0.1) is 17.0 Å². The Balaban J connectivity index is 2.51. The summed E-state index contributed by atoms with van der Waals surface area (Å²) in [6, 6.07) is 5.06. The number of anilines is 1. The first-order valence-corrected chi connectivity index (χ1v) is 5.15. The Morgan fingerprint density at radius 1 is 1.44 bits per heavy atom. The van der Waals surface area contributed by atoms with Crippen molar-refractivity contribution in [3.63, 3.8) is 0 Å². The summed E-state index contributed by atoms with van der Waals surface area (Å²) in [4.78, 5) is 23.6. The second kappa shape index (κ2) is 3.92. The highest BCUT2D eigenvalue weighted by Crippen LogP contribution is 2.33. The van der Waals surface area contributed by atoms with E-state index in [2.05, 4.69) is 0 Å². The molecule has 1 aliphatic rings. The summed E-state index contributed by atoms with van der Waals surface area (Å²) in [5.41, 5.74) is 1.05. The topological polar surface area (TPSA) is 63.5 Å².